The van der Waals surface area contributed by atoms with E-state index in [1.54, 1.807) is 55.1 Å². The third-order valence-electron chi connectivity index (χ3n) is 9.88. The van der Waals surface area contributed by atoms with Crippen LogP contribution in [0, 0.1) is 5.82 Å². The molecule has 0 fully saturated rings. The van der Waals surface area contributed by atoms with Crippen molar-refractivity contribution in [1.82, 2.24) is 48.1 Å². The molecule has 0 unspecified atom stereocenters. The van der Waals surface area contributed by atoms with E-state index in [1.165, 1.54) is 31.6 Å². The van der Waals surface area contributed by atoms with E-state index in [4.69, 9.17) is 4.74 Å². The highest BCUT2D eigenvalue weighted by Crippen LogP contribution is 2.35. The van der Waals surface area contributed by atoms with Gasteiger partial charge in [0, 0.05) is 39.3 Å². The Labute approximate surface area is 350 Å². The summed E-state index contributed by atoms with van der Waals surface area (Å²) in [5.74, 6) is -0.257. The molecule has 22 heteroatoms. The Morgan fingerprint density at radius 2 is 1.13 bits per heavy atom. The predicted octanol–water partition coefficient (Wildman–Crippen LogP) is 4.76. The zero-order chi connectivity index (χ0) is 44.0. The van der Waals surface area contributed by atoms with Crippen molar-refractivity contribution in [2.75, 3.05) is 31.8 Å². The fourth-order valence-corrected chi connectivity index (χ4v) is 9.40. The van der Waals surface area contributed by atoms with E-state index in [9.17, 15) is 30.8 Å². The van der Waals surface area contributed by atoms with Crippen molar-refractivity contribution in [1.29, 1.82) is 0 Å². The first-order valence-corrected chi connectivity index (χ1v) is 21.6. The number of amides is 2. The lowest BCUT2D eigenvalue weighted by Crippen LogP contribution is -2.19. The summed E-state index contributed by atoms with van der Waals surface area (Å²) in [5.41, 5.74) is 1.68. The molecule has 4 aromatic heterocycles. The van der Waals surface area contributed by atoms with Gasteiger partial charge in [-0.25, -0.2) is 31.2 Å². The van der Waals surface area contributed by atoms with Gasteiger partial charge in [-0.2, -0.15) is 8.61 Å². The molecule has 19 nitrogen and oxygen atoms in total. The van der Waals surface area contributed by atoms with Gasteiger partial charge in [0.05, 0.1) is 28.0 Å². The number of nitrogens with zero attached hydrogens (tertiary/aromatic N) is 10. The molecule has 2 amide bonds. The largest absolute Gasteiger partial charge is 0.496 e. The molecular weight excluding hydrogens is 832 g/mol. The van der Waals surface area contributed by atoms with Crippen LogP contribution in [0.25, 0.3) is 23.0 Å². The van der Waals surface area contributed by atoms with Gasteiger partial charge in [-0.05, 0) is 87.4 Å². The zero-order valence-corrected chi connectivity index (χ0v) is 35.7. The highest BCUT2D eigenvalue weighted by atomic mass is 32.2. The molecule has 0 atom stereocenters. The van der Waals surface area contributed by atoms with Gasteiger partial charge >= 0.3 is 0 Å². The van der Waals surface area contributed by atoms with Crippen molar-refractivity contribution in [3.8, 4) is 28.8 Å². The van der Waals surface area contributed by atoms with E-state index in [0.717, 1.165) is 16.4 Å². The van der Waals surface area contributed by atoms with Gasteiger partial charge in [-0.15, -0.1) is 20.4 Å². The lowest BCUT2D eigenvalue weighted by atomic mass is 10.1. The van der Waals surface area contributed by atoms with Crippen LogP contribution in [0.2, 0.25) is 0 Å². The Morgan fingerprint density at radius 1 is 0.689 bits per heavy atom. The van der Waals surface area contributed by atoms with Crippen molar-refractivity contribution in [3.63, 3.8) is 0 Å². The van der Waals surface area contributed by atoms with Crippen LogP contribution >= 0.6 is 0 Å². The summed E-state index contributed by atoms with van der Waals surface area (Å²) in [6, 6.07) is 15.4. The number of methoxy groups -OCH3 is 1. The first-order chi connectivity index (χ1) is 28.9. The summed E-state index contributed by atoms with van der Waals surface area (Å²) in [5, 5.41) is 21.3. The molecule has 2 aliphatic heterocycles. The lowest BCUT2D eigenvalue weighted by Gasteiger charge is -2.12. The van der Waals surface area contributed by atoms with E-state index >= 15 is 0 Å². The number of hydrogen-bond donors (Lipinski definition) is 2. The summed E-state index contributed by atoms with van der Waals surface area (Å²) < 4.78 is 75.6. The number of carbonyl (C=O) groups excluding carboxylic acids is 2. The van der Waals surface area contributed by atoms with Crippen LogP contribution in [-0.4, -0.2) is 98.0 Å². The quantitative estimate of drug-likeness (QED) is 0.200. The standard InChI is InChI=1S/C20H22N6O4S.C19H19FN6O3S/c1-12(2)26-11-21-24-19(26)15-6-5-7-18(22-15)23-20(27)14-9-17-13(8-16(14)30-4)10-25(3)31(17,28)29;1-11(2)26-10-21-24-18(26)15-5-4-6-17(22-15)23-19(27)13-8-16-12(7-14(13)20)9-25(3)30(16,28)29/h5-9,11-12H,10H2,1-4H3,(H,22,23,27);4-8,10-11H,9H2,1-3H3,(H,22,23,27). The Bertz CT molecular complexity index is 2920. The summed E-state index contributed by atoms with van der Waals surface area (Å²) in [4.78, 5) is 34.5. The fraction of sp³-hybridized carbons (Fsp3) is 0.282. The molecule has 6 heterocycles. The third kappa shape index (κ3) is 8.21. The van der Waals surface area contributed by atoms with E-state index in [1.807, 2.05) is 36.8 Å². The van der Waals surface area contributed by atoms with Crippen LogP contribution in [0.15, 0.2) is 83.1 Å². The Balaban J connectivity index is 0.000000184. The normalized spacial score (nSPS) is 15.2. The van der Waals surface area contributed by atoms with Gasteiger partial charge in [0.25, 0.3) is 11.8 Å². The molecule has 61 heavy (non-hydrogen) atoms. The number of fused-ring (bicyclic) bond motifs is 2. The maximum Gasteiger partial charge on any atom is 0.260 e. The first-order valence-electron chi connectivity index (χ1n) is 18.7. The smallest absolute Gasteiger partial charge is 0.260 e. The summed E-state index contributed by atoms with van der Waals surface area (Å²) in [6.45, 7) is 8.25. The van der Waals surface area contributed by atoms with Gasteiger partial charge in [-0.1, -0.05) is 12.1 Å². The molecule has 2 aromatic carbocycles. The molecule has 318 valence electrons. The van der Waals surface area contributed by atoms with Crippen LogP contribution in [0.3, 0.4) is 0 Å². The van der Waals surface area contributed by atoms with Crippen molar-refractivity contribution in [3.05, 3.63) is 101 Å². The average Bonchev–Trinajstić information content (AvgIpc) is 4.00. The van der Waals surface area contributed by atoms with Crippen molar-refractivity contribution < 1.29 is 35.6 Å². The number of anilines is 2. The second-order valence-corrected chi connectivity index (χ2v) is 18.7. The predicted molar refractivity (Wildman–Crippen MR) is 220 cm³/mol. The Kier molecular flexibility index (Phi) is 11.5. The number of pyridine rings is 2. The summed E-state index contributed by atoms with van der Waals surface area (Å²) in [7, 11) is -3.02. The highest BCUT2D eigenvalue weighted by molar-refractivity contribution is 7.89. The summed E-state index contributed by atoms with van der Waals surface area (Å²) >= 11 is 0. The molecule has 0 radical (unpaired) electrons. The highest BCUT2D eigenvalue weighted by Gasteiger charge is 2.35. The average molecular weight is 873 g/mol. The number of ether oxygens (including phenoxy) is 1. The molecule has 0 saturated carbocycles. The van der Waals surface area contributed by atoms with E-state index < -0.39 is 37.7 Å². The molecule has 0 saturated heterocycles. The minimum absolute atomic E-state index is 0.0661. The minimum atomic E-state index is -3.73. The number of nitrogens with one attached hydrogen (secondary N) is 2. The third-order valence-corrected chi connectivity index (χ3v) is 13.7. The first kappa shape index (κ1) is 42.6. The molecule has 0 aliphatic carbocycles. The zero-order valence-electron chi connectivity index (χ0n) is 34.0. The van der Waals surface area contributed by atoms with Crippen LogP contribution in [-0.2, 0) is 33.1 Å². The molecule has 2 N–H and O–H groups in total. The van der Waals surface area contributed by atoms with Crippen LogP contribution in [0.1, 0.15) is 71.6 Å². The summed E-state index contributed by atoms with van der Waals surface area (Å²) in [6.07, 6.45) is 3.21. The second kappa shape index (κ2) is 16.5. The topological polar surface area (TPSA) is 229 Å². The minimum Gasteiger partial charge on any atom is -0.496 e. The van der Waals surface area contributed by atoms with Crippen molar-refractivity contribution in [2.45, 2.75) is 62.7 Å². The van der Waals surface area contributed by atoms with Crippen LogP contribution in [0.4, 0.5) is 16.0 Å². The molecular formula is C39H41FN12O7S2. The van der Waals surface area contributed by atoms with Gasteiger partial charge in [0.1, 0.15) is 47.2 Å². The lowest BCUT2D eigenvalue weighted by molar-refractivity contribution is 0.101. The Morgan fingerprint density at radius 3 is 1.59 bits per heavy atom. The molecule has 6 aromatic rings. The monoisotopic (exact) mass is 872 g/mol. The molecule has 8 rings (SSSR count). The molecule has 2 aliphatic rings. The SMILES string of the molecule is CC(C)n1cnnc1-c1cccc(NC(=O)c2cc3c(cc2F)CN(C)S3(=O)=O)n1.COc1cc2c(cc1C(=O)Nc1cccc(-c3nncn3C(C)C)n1)S(=O)(=O)N(C)C2. The number of hydrogen-bond acceptors (Lipinski definition) is 13. The maximum atomic E-state index is 14.5. The maximum absolute atomic E-state index is 14.5. The van der Waals surface area contributed by atoms with Gasteiger partial charge in [0.2, 0.25) is 20.0 Å². The number of carbonyl (C=O) groups is 2. The number of benzene rings is 2. The fourth-order valence-electron chi connectivity index (χ4n) is 6.66. The number of sulfonamides is 2. The van der Waals surface area contributed by atoms with Crippen molar-refractivity contribution >= 4 is 43.5 Å². The molecule has 0 bridgehead atoms. The van der Waals surface area contributed by atoms with E-state index in [0.29, 0.717) is 40.0 Å². The number of rotatable bonds is 9. The number of aromatic nitrogens is 8. The van der Waals surface area contributed by atoms with Gasteiger partial charge in [0.15, 0.2) is 11.6 Å². The molecule has 0 spiro atoms. The number of halogens is 1. The van der Waals surface area contributed by atoms with E-state index in [-0.39, 0.29) is 57.7 Å². The second-order valence-electron chi connectivity index (χ2n) is 14.7. The Hall–Kier alpha value is -6.49. The van der Waals surface area contributed by atoms with Crippen molar-refractivity contribution in [2.24, 2.45) is 0 Å². The van der Waals surface area contributed by atoms with Gasteiger partial charge in [-0.3, -0.25) is 9.59 Å². The van der Waals surface area contributed by atoms with Crippen LogP contribution < -0.4 is 15.4 Å². The van der Waals surface area contributed by atoms with Crippen LogP contribution in [0.5, 0.6) is 5.75 Å². The van der Waals surface area contributed by atoms with Gasteiger partial charge < -0.3 is 24.5 Å². The van der Waals surface area contributed by atoms with E-state index in [2.05, 4.69) is 41.0 Å².